The third-order valence-corrected chi connectivity index (χ3v) is 2.29. The maximum Gasteiger partial charge on any atom is 0.324 e. The molecule has 0 unspecified atom stereocenters. The van der Waals surface area contributed by atoms with E-state index < -0.39 is 18.9 Å². The number of nitrogens with zero attached hydrogens (tertiary/aromatic N) is 2. The SMILES string of the molecule is COCCNCc1cncn1CC(F)(F)C(F)F. The van der Waals surface area contributed by atoms with Gasteiger partial charge in [0.2, 0.25) is 0 Å². The fourth-order valence-corrected chi connectivity index (χ4v) is 1.32. The summed E-state index contributed by atoms with van der Waals surface area (Å²) in [5.41, 5.74) is 0.423. The quantitative estimate of drug-likeness (QED) is 0.574. The molecule has 0 saturated carbocycles. The van der Waals surface area contributed by atoms with Crippen molar-refractivity contribution in [3.63, 3.8) is 0 Å². The maximum absolute atomic E-state index is 12.9. The van der Waals surface area contributed by atoms with Crippen LogP contribution in [0.25, 0.3) is 0 Å². The molecule has 1 aromatic rings. The molecule has 18 heavy (non-hydrogen) atoms. The van der Waals surface area contributed by atoms with Crippen molar-refractivity contribution in [1.82, 2.24) is 14.9 Å². The molecule has 1 N–H and O–H groups in total. The van der Waals surface area contributed by atoms with E-state index in [9.17, 15) is 17.6 Å². The summed E-state index contributed by atoms with van der Waals surface area (Å²) in [6, 6.07) is 0. The number of hydrogen-bond donors (Lipinski definition) is 1. The van der Waals surface area contributed by atoms with Gasteiger partial charge in [-0.05, 0) is 0 Å². The summed E-state index contributed by atoms with van der Waals surface area (Å²) in [6.45, 7) is 0.197. The van der Waals surface area contributed by atoms with Crippen LogP contribution in [0.15, 0.2) is 12.5 Å². The van der Waals surface area contributed by atoms with Crippen molar-refractivity contribution in [3.05, 3.63) is 18.2 Å². The summed E-state index contributed by atoms with van der Waals surface area (Å²) in [4.78, 5) is 3.68. The van der Waals surface area contributed by atoms with Crippen molar-refractivity contribution in [2.75, 3.05) is 20.3 Å². The Hall–Kier alpha value is -1.15. The van der Waals surface area contributed by atoms with Crippen LogP contribution in [-0.2, 0) is 17.8 Å². The molecule has 1 aromatic heterocycles. The second-order valence-electron chi connectivity index (χ2n) is 3.74. The molecule has 1 heterocycles. The molecule has 0 saturated heterocycles. The van der Waals surface area contributed by atoms with Gasteiger partial charge in [-0.1, -0.05) is 0 Å². The summed E-state index contributed by atoms with van der Waals surface area (Å²) >= 11 is 0. The van der Waals surface area contributed by atoms with Crippen molar-refractivity contribution in [1.29, 1.82) is 0 Å². The standard InChI is InChI=1S/C10H15F4N3O/c1-18-3-2-15-4-8-5-16-7-17(8)6-10(13,14)9(11)12/h5,7,9,15H,2-4,6H2,1H3. The first kappa shape index (κ1) is 14.9. The third-order valence-electron chi connectivity index (χ3n) is 2.29. The lowest BCUT2D eigenvalue weighted by molar-refractivity contribution is -0.138. The fraction of sp³-hybridized carbons (Fsp3) is 0.700. The lowest BCUT2D eigenvalue weighted by atomic mass is 10.3. The molecule has 0 aromatic carbocycles. The minimum Gasteiger partial charge on any atom is -0.383 e. The predicted molar refractivity (Wildman–Crippen MR) is 56.8 cm³/mol. The van der Waals surface area contributed by atoms with Gasteiger partial charge in [-0.15, -0.1) is 0 Å². The van der Waals surface area contributed by atoms with Gasteiger partial charge in [-0.3, -0.25) is 0 Å². The van der Waals surface area contributed by atoms with Gasteiger partial charge >= 0.3 is 12.3 Å². The average Bonchev–Trinajstić information content (AvgIpc) is 2.71. The number of halogens is 4. The van der Waals surface area contributed by atoms with Gasteiger partial charge in [0, 0.05) is 26.4 Å². The number of ether oxygens (including phenoxy) is 1. The monoisotopic (exact) mass is 269 g/mol. The molecule has 0 fully saturated rings. The molecule has 0 aliphatic carbocycles. The molecule has 0 amide bonds. The molecule has 0 aliphatic heterocycles. The topological polar surface area (TPSA) is 39.1 Å². The van der Waals surface area contributed by atoms with Gasteiger partial charge in [0.05, 0.1) is 25.2 Å². The van der Waals surface area contributed by atoms with Crippen LogP contribution in [0.1, 0.15) is 5.69 Å². The molecule has 0 aliphatic rings. The van der Waals surface area contributed by atoms with Crippen LogP contribution < -0.4 is 5.32 Å². The first-order chi connectivity index (χ1) is 8.47. The minimum atomic E-state index is -4.05. The Morgan fingerprint density at radius 2 is 2.22 bits per heavy atom. The van der Waals surface area contributed by atoms with E-state index in [4.69, 9.17) is 4.74 Å². The Morgan fingerprint density at radius 1 is 1.50 bits per heavy atom. The Morgan fingerprint density at radius 3 is 2.83 bits per heavy atom. The maximum atomic E-state index is 12.9. The average molecular weight is 269 g/mol. The molecule has 4 nitrogen and oxygen atoms in total. The van der Waals surface area contributed by atoms with Crippen molar-refractivity contribution >= 4 is 0 Å². The largest absolute Gasteiger partial charge is 0.383 e. The van der Waals surface area contributed by atoms with E-state index >= 15 is 0 Å². The van der Waals surface area contributed by atoms with E-state index in [-0.39, 0.29) is 6.54 Å². The van der Waals surface area contributed by atoms with E-state index in [2.05, 4.69) is 10.3 Å². The number of nitrogens with one attached hydrogen (secondary N) is 1. The highest BCUT2D eigenvalue weighted by molar-refractivity contribution is 4.99. The normalized spacial score (nSPS) is 12.3. The molecule has 8 heteroatoms. The number of methoxy groups -OCH3 is 1. The molecule has 0 bridgehead atoms. The van der Waals surface area contributed by atoms with Crippen LogP contribution in [0.3, 0.4) is 0 Å². The van der Waals surface area contributed by atoms with Crippen molar-refractivity contribution in [2.24, 2.45) is 0 Å². The minimum absolute atomic E-state index is 0.267. The van der Waals surface area contributed by atoms with Crippen LogP contribution >= 0.6 is 0 Å². The smallest absolute Gasteiger partial charge is 0.324 e. The van der Waals surface area contributed by atoms with E-state index in [1.807, 2.05) is 0 Å². The molecular weight excluding hydrogens is 254 g/mol. The van der Waals surface area contributed by atoms with E-state index in [0.717, 1.165) is 10.9 Å². The Bertz CT molecular complexity index is 357. The highest BCUT2D eigenvalue weighted by Gasteiger charge is 2.41. The Kier molecular flexibility index (Phi) is 5.54. The van der Waals surface area contributed by atoms with Crippen molar-refractivity contribution < 1.29 is 22.3 Å². The molecule has 0 atom stereocenters. The van der Waals surface area contributed by atoms with Crippen LogP contribution in [0.5, 0.6) is 0 Å². The zero-order chi connectivity index (χ0) is 13.6. The van der Waals surface area contributed by atoms with E-state index in [1.54, 1.807) is 0 Å². The second-order valence-corrected chi connectivity index (χ2v) is 3.74. The summed E-state index contributed by atoms with van der Waals surface area (Å²) < 4.78 is 55.8. The van der Waals surface area contributed by atoms with Crippen LogP contribution in [0.4, 0.5) is 17.6 Å². The van der Waals surface area contributed by atoms with Crippen LogP contribution in [0, 0.1) is 0 Å². The van der Waals surface area contributed by atoms with Crippen LogP contribution in [0.2, 0.25) is 0 Å². The molecule has 0 radical (unpaired) electrons. The third kappa shape index (κ3) is 4.26. The fourth-order valence-electron chi connectivity index (χ4n) is 1.32. The second kappa shape index (κ2) is 6.69. The summed E-state index contributed by atoms with van der Waals surface area (Å²) in [6.07, 6.45) is -1.21. The van der Waals surface area contributed by atoms with Crippen LogP contribution in [-0.4, -0.2) is 42.2 Å². The number of imidazole rings is 1. The zero-order valence-electron chi connectivity index (χ0n) is 9.88. The summed E-state index contributed by atoms with van der Waals surface area (Å²) in [7, 11) is 1.54. The van der Waals surface area contributed by atoms with Gasteiger partial charge in [-0.2, -0.15) is 8.78 Å². The Balaban J connectivity index is 2.54. The lowest BCUT2D eigenvalue weighted by Crippen LogP contribution is -2.33. The zero-order valence-corrected chi connectivity index (χ0v) is 9.88. The van der Waals surface area contributed by atoms with Crippen molar-refractivity contribution in [3.8, 4) is 0 Å². The van der Waals surface area contributed by atoms with E-state index in [1.165, 1.54) is 13.3 Å². The first-order valence-electron chi connectivity index (χ1n) is 5.32. The van der Waals surface area contributed by atoms with Crippen molar-refractivity contribution in [2.45, 2.75) is 25.4 Å². The summed E-state index contributed by atoms with van der Waals surface area (Å²) in [5, 5.41) is 2.93. The van der Waals surface area contributed by atoms with Gasteiger partial charge < -0.3 is 14.6 Å². The first-order valence-corrected chi connectivity index (χ1v) is 5.32. The number of rotatable bonds is 8. The number of hydrogen-bond acceptors (Lipinski definition) is 3. The van der Waals surface area contributed by atoms with Gasteiger partial charge in [0.1, 0.15) is 0 Å². The molecular formula is C10H15F4N3O. The lowest BCUT2D eigenvalue weighted by Gasteiger charge is -2.17. The highest BCUT2D eigenvalue weighted by Crippen LogP contribution is 2.25. The van der Waals surface area contributed by atoms with Gasteiger partial charge in [0.25, 0.3) is 0 Å². The van der Waals surface area contributed by atoms with E-state index in [0.29, 0.717) is 18.8 Å². The number of alkyl halides is 4. The molecule has 104 valence electrons. The number of aromatic nitrogens is 2. The summed E-state index contributed by atoms with van der Waals surface area (Å²) in [5.74, 6) is -4.05. The van der Waals surface area contributed by atoms with Gasteiger partial charge in [0.15, 0.2) is 0 Å². The molecule has 0 spiro atoms. The Labute approximate surface area is 102 Å². The predicted octanol–water partition coefficient (Wildman–Crippen LogP) is 1.52. The highest BCUT2D eigenvalue weighted by atomic mass is 19.3. The molecule has 1 rings (SSSR count). The van der Waals surface area contributed by atoms with Gasteiger partial charge in [-0.25, -0.2) is 13.8 Å².